The summed E-state index contributed by atoms with van der Waals surface area (Å²) in [5, 5.41) is 0. The maximum Gasteiger partial charge on any atom is 0.401 e. The highest BCUT2D eigenvalue weighted by atomic mass is 19.4. The maximum atomic E-state index is 12.8. The third kappa shape index (κ3) is 1.62. The predicted octanol–water partition coefficient (Wildman–Crippen LogP) is 3.02. The van der Waals surface area contributed by atoms with Crippen molar-refractivity contribution in [3.8, 4) is 0 Å². The van der Waals surface area contributed by atoms with Gasteiger partial charge in [0.2, 0.25) is 0 Å². The second-order valence-corrected chi connectivity index (χ2v) is 4.57. The standard InChI is InChI=1S/C10H13F5O2/c1-4-17-6(16)5-8(2,3)9(5,7(11)12)10(13,14)15/h5,7H,4H2,1-3H3. The molecule has 0 heterocycles. The van der Waals surface area contributed by atoms with Crippen molar-refractivity contribution in [3.05, 3.63) is 0 Å². The molecule has 0 saturated heterocycles. The molecule has 2 nitrogen and oxygen atoms in total. The fraction of sp³-hybridized carbons (Fsp3) is 0.900. The van der Waals surface area contributed by atoms with Gasteiger partial charge in [-0.05, 0) is 12.3 Å². The normalized spacial score (nSPS) is 31.5. The molecule has 17 heavy (non-hydrogen) atoms. The van der Waals surface area contributed by atoms with Crippen LogP contribution in [0.3, 0.4) is 0 Å². The Hall–Kier alpha value is -0.880. The molecule has 0 aliphatic heterocycles. The summed E-state index contributed by atoms with van der Waals surface area (Å²) in [6.45, 7) is 3.29. The molecule has 0 N–H and O–H groups in total. The molecule has 0 bridgehead atoms. The molecule has 0 aromatic heterocycles. The molecule has 1 aliphatic carbocycles. The lowest BCUT2D eigenvalue weighted by molar-refractivity contribution is -0.238. The predicted molar refractivity (Wildman–Crippen MR) is 48.4 cm³/mol. The van der Waals surface area contributed by atoms with Gasteiger partial charge < -0.3 is 4.74 Å². The van der Waals surface area contributed by atoms with Crippen LogP contribution in [0.2, 0.25) is 0 Å². The smallest absolute Gasteiger partial charge is 0.401 e. The van der Waals surface area contributed by atoms with Crippen LogP contribution in [0.1, 0.15) is 20.8 Å². The third-order valence-electron chi connectivity index (χ3n) is 3.50. The summed E-state index contributed by atoms with van der Waals surface area (Å²) in [7, 11) is 0. The average molecular weight is 260 g/mol. The van der Waals surface area contributed by atoms with E-state index in [1.165, 1.54) is 6.92 Å². The minimum atomic E-state index is -5.14. The van der Waals surface area contributed by atoms with E-state index in [-0.39, 0.29) is 6.61 Å². The monoisotopic (exact) mass is 260 g/mol. The number of hydrogen-bond acceptors (Lipinski definition) is 2. The third-order valence-corrected chi connectivity index (χ3v) is 3.50. The lowest BCUT2D eigenvalue weighted by atomic mass is 9.96. The molecule has 0 amide bonds. The number of alkyl halides is 5. The average Bonchev–Trinajstić information content (AvgIpc) is 2.63. The van der Waals surface area contributed by atoms with E-state index in [1.54, 1.807) is 0 Å². The summed E-state index contributed by atoms with van der Waals surface area (Å²) < 4.78 is 68.4. The molecule has 100 valence electrons. The quantitative estimate of drug-likeness (QED) is 0.576. The molecule has 2 atom stereocenters. The van der Waals surface area contributed by atoms with Gasteiger partial charge in [0.1, 0.15) is 5.41 Å². The molecule has 1 aliphatic rings. The van der Waals surface area contributed by atoms with Gasteiger partial charge in [-0.3, -0.25) is 4.79 Å². The van der Waals surface area contributed by atoms with Crippen molar-refractivity contribution in [2.75, 3.05) is 6.61 Å². The highest BCUT2D eigenvalue weighted by molar-refractivity contribution is 5.79. The van der Waals surface area contributed by atoms with Gasteiger partial charge in [-0.2, -0.15) is 13.2 Å². The van der Waals surface area contributed by atoms with E-state index in [4.69, 9.17) is 0 Å². The summed E-state index contributed by atoms with van der Waals surface area (Å²) in [5.74, 6) is -3.05. The van der Waals surface area contributed by atoms with E-state index in [9.17, 15) is 26.7 Å². The summed E-state index contributed by atoms with van der Waals surface area (Å²) >= 11 is 0. The molecule has 1 saturated carbocycles. The maximum absolute atomic E-state index is 12.8. The van der Waals surface area contributed by atoms with Gasteiger partial charge in [0.15, 0.2) is 0 Å². The van der Waals surface area contributed by atoms with Crippen LogP contribution in [-0.4, -0.2) is 25.2 Å². The van der Waals surface area contributed by atoms with Crippen LogP contribution in [-0.2, 0) is 9.53 Å². The summed E-state index contributed by atoms with van der Waals surface area (Å²) in [6.07, 6.45) is -8.78. The van der Waals surface area contributed by atoms with E-state index < -0.39 is 35.3 Å². The Morgan fingerprint density at radius 3 is 2.06 bits per heavy atom. The number of ether oxygens (including phenoxy) is 1. The fourth-order valence-corrected chi connectivity index (χ4v) is 2.56. The van der Waals surface area contributed by atoms with Crippen molar-refractivity contribution < 1.29 is 31.5 Å². The van der Waals surface area contributed by atoms with E-state index in [0.29, 0.717) is 0 Å². The van der Waals surface area contributed by atoms with Crippen molar-refractivity contribution in [1.29, 1.82) is 0 Å². The number of esters is 1. The molecule has 0 aromatic carbocycles. The number of rotatable bonds is 3. The van der Waals surface area contributed by atoms with E-state index in [1.807, 2.05) is 0 Å². The van der Waals surface area contributed by atoms with Gasteiger partial charge in [-0.1, -0.05) is 13.8 Å². The van der Waals surface area contributed by atoms with E-state index in [0.717, 1.165) is 13.8 Å². The Morgan fingerprint density at radius 1 is 1.35 bits per heavy atom. The van der Waals surface area contributed by atoms with Crippen LogP contribution in [0.15, 0.2) is 0 Å². The topological polar surface area (TPSA) is 26.3 Å². The van der Waals surface area contributed by atoms with Crippen LogP contribution in [0.4, 0.5) is 22.0 Å². The zero-order valence-corrected chi connectivity index (χ0v) is 9.57. The molecule has 0 aromatic rings. The Balaban J connectivity index is 3.15. The Kier molecular flexibility index (Phi) is 3.18. The summed E-state index contributed by atoms with van der Waals surface area (Å²) in [6, 6.07) is 0. The number of hydrogen-bond donors (Lipinski definition) is 0. The molecule has 7 heteroatoms. The minimum absolute atomic E-state index is 0.136. The minimum Gasteiger partial charge on any atom is -0.466 e. The van der Waals surface area contributed by atoms with Crippen molar-refractivity contribution in [2.45, 2.75) is 33.4 Å². The van der Waals surface area contributed by atoms with Gasteiger partial charge in [-0.25, -0.2) is 8.78 Å². The molecule has 0 spiro atoms. The zero-order valence-electron chi connectivity index (χ0n) is 9.57. The largest absolute Gasteiger partial charge is 0.466 e. The fourth-order valence-electron chi connectivity index (χ4n) is 2.56. The van der Waals surface area contributed by atoms with Gasteiger partial charge in [0.05, 0.1) is 12.5 Å². The van der Waals surface area contributed by atoms with Crippen molar-refractivity contribution in [3.63, 3.8) is 0 Å². The first-order chi connectivity index (χ1) is 7.55. The molecular formula is C10H13F5O2. The molecule has 1 rings (SSSR count). The highest BCUT2D eigenvalue weighted by Crippen LogP contribution is 2.77. The Labute approximate surface area is 95.1 Å². The van der Waals surface area contributed by atoms with Crippen LogP contribution < -0.4 is 0 Å². The first-order valence-electron chi connectivity index (χ1n) is 5.06. The summed E-state index contributed by atoms with van der Waals surface area (Å²) in [4.78, 5) is 11.3. The van der Waals surface area contributed by atoms with E-state index in [2.05, 4.69) is 4.74 Å². The van der Waals surface area contributed by atoms with Crippen LogP contribution in [0, 0.1) is 16.7 Å². The Morgan fingerprint density at radius 2 is 1.82 bits per heavy atom. The first-order valence-corrected chi connectivity index (χ1v) is 5.06. The molecule has 2 unspecified atom stereocenters. The van der Waals surface area contributed by atoms with Crippen molar-refractivity contribution in [2.24, 2.45) is 16.7 Å². The first kappa shape index (κ1) is 14.2. The second kappa shape index (κ2) is 3.81. The number of carbonyl (C=O) groups excluding carboxylic acids is 1. The summed E-state index contributed by atoms with van der Waals surface area (Å²) in [5.41, 5.74) is -5.13. The SMILES string of the molecule is CCOC(=O)C1C(C)(C)C1(C(F)F)C(F)(F)F. The number of carbonyl (C=O) groups is 1. The lowest BCUT2D eigenvalue weighted by Gasteiger charge is -2.22. The molecular weight excluding hydrogens is 247 g/mol. The van der Waals surface area contributed by atoms with E-state index >= 15 is 0 Å². The van der Waals surface area contributed by atoms with Gasteiger partial charge in [0.25, 0.3) is 6.43 Å². The molecule has 1 fully saturated rings. The van der Waals surface area contributed by atoms with Gasteiger partial charge in [0, 0.05) is 0 Å². The van der Waals surface area contributed by atoms with Crippen molar-refractivity contribution >= 4 is 5.97 Å². The van der Waals surface area contributed by atoms with Crippen LogP contribution in [0.5, 0.6) is 0 Å². The molecule has 0 radical (unpaired) electrons. The number of halogens is 5. The lowest BCUT2D eigenvalue weighted by Crippen LogP contribution is -2.37. The highest BCUT2D eigenvalue weighted by Gasteiger charge is 2.90. The van der Waals surface area contributed by atoms with Gasteiger partial charge in [-0.15, -0.1) is 0 Å². The zero-order chi connectivity index (χ0) is 13.6. The second-order valence-electron chi connectivity index (χ2n) is 4.57. The van der Waals surface area contributed by atoms with Crippen LogP contribution in [0.25, 0.3) is 0 Å². The van der Waals surface area contributed by atoms with Crippen LogP contribution >= 0.6 is 0 Å². The van der Waals surface area contributed by atoms with Gasteiger partial charge >= 0.3 is 12.1 Å². The Bertz CT molecular complexity index is 323. The van der Waals surface area contributed by atoms with Crippen molar-refractivity contribution in [1.82, 2.24) is 0 Å².